The fraction of sp³-hybridized carbons (Fsp3) is 1.00. The van der Waals surface area contributed by atoms with Crippen molar-refractivity contribution in [1.82, 2.24) is 5.73 Å². The molecule has 0 heterocycles. The van der Waals surface area contributed by atoms with E-state index in [1.165, 1.54) is 0 Å². The standard InChI is InChI=1S/C6H14NO/c1-5(7)8-6(2,3)4/h5,7H,1-4H3. The molecule has 0 aromatic heterocycles. The van der Waals surface area contributed by atoms with Gasteiger partial charge in [-0.1, -0.05) is 0 Å². The minimum Gasteiger partial charge on any atom is -0.357 e. The van der Waals surface area contributed by atoms with Crippen molar-refractivity contribution in [2.75, 3.05) is 0 Å². The normalized spacial score (nSPS) is 16.1. The van der Waals surface area contributed by atoms with Crippen LogP contribution in [-0.2, 0) is 4.74 Å². The fourth-order valence-electron chi connectivity index (χ4n) is 0.530. The van der Waals surface area contributed by atoms with Crippen LogP contribution in [0.5, 0.6) is 0 Å². The van der Waals surface area contributed by atoms with Crippen LogP contribution < -0.4 is 5.73 Å². The second-order valence-electron chi connectivity index (χ2n) is 2.87. The first-order chi connectivity index (χ1) is 3.42. The van der Waals surface area contributed by atoms with Gasteiger partial charge >= 0.3 is 0 Å². The first-order valence-electron chi connectivity index (χ1n) is 2.81. The van der Waals surface area contributed by atoms with Gasteiger partial charge in [-0.05, 0) is 27.7 Å². The molecule has 0 saturated carbocycles. The maximum atomic E-state index is 7.01. The SMILES string of the molecule is CC([NH])OC(C)(C)C. The maximum Gasteiger partial charge on any atom is 0.118 e. The molecule has 8 heavy (non-hydrogen) atoms. The maximum absolute atomic E-state index is 7.01. The highest BCUT2D eigenvalue weighted by molar-refractivity contribution is 4.58. The van der Waals surface area contributed by atoms with Crippen molar-refractivity contribution in [2.24, 2.45) is 0 Å². The minimum atomic E-state index is -0.407. The molecule has 0 fully saturated rings. The molecule has 0 bridgehead atoms. The van der Waals surface area contributed by atoms with Gasteiger partial charge in [0.05, 0.1) is 5.60 Å². The Morgan fingerprint density at radius 3 is 1.75 bits per heavy atom. The highest BCUT2D eigenvalue weighted by Gasteiger charge is 2.11. The first kappa shape index (κ1) is 7.92. The van der Waals surface area contributed by atoms with Gasteiger partial charge in [-0.15, -0.1) is 0 Å². The molecule has 0 amide bonds. The summed E-state index contributed by atoms with van der Waals surface area (Å²) < 4.78 is 5.10. The summed E-state index contributed by atoms with van der Waals surface area (Å²) in [6.07, 6.45) is -0.407. The summed E-state index contributed by atoms with van der Waals surface area (Å²) in [5, 5.41) is 0. The summed E-state index contributed by atoms with van der Waals surface area (Å²) in [7, 11) is 0. The van der Waals surface area contributed by atoms with Crippen LogP contribution in [0.2, 0.25) is 0 Å². The lowest BCUT2D eigenvalue weighted by Gasteiger charge is -2.21. The van der Waals surface area contributed by atoms with Crippen LogP contribution in [0.25, 0.3) is 0 Å². The molecule has 2 nitrogen and oxygen atoms in total. The van der Waals surface area contributed by atoms with Gasteiger partial charge in [-0.25, -0.2) is 5.73 Å². The second-order valence-corrected chi connectivity index (χ2v) is 2.87. The quantitative estimate of drug-likeness (QED) is 0.510. The zero-order valence-electron chi connectivity index (χ0n) is 5.99. The zero-order chi connectivity index (χ0) is 6.78. The van der Waals surface area contributed by atoms with E-state index in [1.54, 1.807) is 6.92 Å². The lowest BCUT2D eigenvalue weighted by Crippen LogP contribution is -2.25. The van der Waals surface area contributed by atoms with Crippen molar-refractivity contribution in [3.8, 4) is 0 Å². The third kappa shape index (κ3) is 5.92. The van der Waals surface area contributed by atoms with E-state index >= 15 is 0 Å². The fourth-order valence-corrected chi connectivity index (χ4v) is 0.530. The predicted molar refractivity (Wildman–Crippen MR) is 33.4 cm³/mol. The van der Waals surface area contributed by atoms with Crippen molar-refractivity contribution in [3.63, 3.8) is 0 Å². The van der Waals surface area contributed by atoms with Crippen LogP contribution in [-0.4, -0.2) is 11.8 Å². The zero-order valence-corrected chi connectivity index (χ0v) is 5.99. The van der Waals surface area contributed by atoms with Crippen molar-refractivity contribution in [3.05, 3.63) is 0 Å². The minimum absolute atomic E-state index is 0.166. The smallest absolute Gasteiger partial charge is 0.118 e. The Morgan fingerprint density at radius 2 is 1.75 bits per heavy atom. The van der Waals surface area contributed by atoms with Crippen molar-refractivity contribution in [2.45, 2.75) is 39.5 Å². The summed E-state index contributed by atoms with van der Waals surface area (Å²) in [5.74, 6) is 0. The second kappa shape index (κ2) is 2.46. The summed E-state index contributed by atoms with van der Waals surface area (Å²) in [5.41, 5.74) is 6.85. The summed E-state index contributed by atoms with van der Waals surface area (Å²) in [6, 6.07) is 0. The van der Waals surface area contributed by atoms with Crippen LogP contribution in [0, 0.1) is 0 Å². The number of rotatable bonds is 1. The molecular formula is C6H14NO. The Hall–Kier alpha value is -0.0800. The van der Waals surface area contributed by atoms with Gasteiger partial charge in [0.1, 0.15) is 6.23 Å². The molecule has 0 aromatic rings. The molecule has 1 N–H and O–H groups in total. The molecule has 0 aliphatic rings. The van der Waals surface area contributed by atoms with Crippen LogP contribution in [0.1, 0.15) is 27.7 Å². The molecule has 0 spiro atoms. The van der Waals surface area contributed by atoms with E-state index in [1.807, 2.05) is 20.8 Å². The largest absolute Gasteiger partial charge is 0.357 e. The van der Waals surface area contributed by atoms with Crippen LogP contribution in [0.4, 0.5) is 0 Å². The molecule has 0 aromatic carbocycles. The van der Waals surface area contributed by atoms with E-state index in [0.29, 0.717) is 0 Å². The monoisotopic (exact) mass is 116 g/mol. The lowest BCUT2D eigenvalue weighted by atomic mass is 10.2. The highest BCUT2D eigenvalue weighted by Crippen LogP contribution is 2.07. The Labute approximate surface area is 51.0 Å². The molecule has 1 atom stereocenters. The average Bonchev–Trinajstić information content (AvgIpc) is 1.21. The van der Waals surface area contributed by atoms with E-state index in [0.717, 1.165) is 0 Å². The van der Waals surface area contributed by atoms with E-state index in [2.05, 4.69) is 0 Å². The van der Waals surface area contributed by atoms with E-state index < -0.39 is 6.23 Å². The van der Waals surface area contributed by atoms with Gasteiger partial charge < -0.3 is 4.74 Å². The Balaban J connectivity index is 3.39. The van der Waals surface area contributed by atoms with Crippen molar-refractivity contribution >= 4 is 0 Å². The molecule has 2 heteroatoms. The predicted octanol–water partition coefficient (Wildman–Crippen LogP) is 1.43. The molecular weight excluding hydrogens is 102 g/mol. The summed E-state index contributed by atoms with van der Waals surface area (Å²) in [4.78, 5) is 0. The van der Waals surface area contributed by atoms with Crippen molar-refractivity contribution < 1.29 is 4.74 Å². The van der Waals surface area contributed by atoms with E-state index in [-0.39, 0.29) is 5.60 Å². The highest BCUT2D eigenvalue weighted by atomic mass is 16.5. The van der Waals surface area contributed by atoms with Gasteiger partial charge in [0, 0.05) is 0 Å². The first-order valence-corrected chi connectivity index (χ1v) is 2.81. The number of hydrogen-bond acceptors (Lipinski definition) is 1. The lowest BCUT2D eigenvalue weighted by molar-refractivity contribution is -0.0514. The molecule has 49 valence electrons. The Morgan fingerprint density at radius 1 is 1.38 bits per heavy atom. The third-order valence-electron chi connectivity index (χ3n) is 0.530. The van der Waals surface area contributed by atoms with Crippen molar-refractivity contribution in [1.29, 1.82) is 0 Å². The van der Waals surface area contributed by atoms with E-state index in [4.69, 9.17) is 10.5 Å². The molecule has 0 aliphatic heterocycles. The third-order valence-corrected chi connectivity index (χ3v) is 0.530. The molecule has 0 saturated heterocycles. The summed E-state index contributed by atoms with van der Waals surface area (Å²) in [6.45, 7) is 7.54. The van der Waals surface area contributed by atoms with Gasteiger partial charge in [0.25, 0.3) is 0 Å². The van der Waals surface area contributed by atoms with Crippen LogP contribution in [0.15, 0.2) is 0 Å². The van der Waals surface area contributed by atoms with E-state index in [9.17, 15) is 0 Å². The number of hydrogen-bond donors (Lipinski definition) is 0. The topological polar surface area (TPSA) is 33.0 Å². The van der Waals surface area contributed by atoms with Gasteiger partial charge in [0.15, 0.2) is 0 Å². The average molecular weight is 116 g/mol. The number of ether oxygens (including phenoxy) is 1. The Bertz CT molecular complexity index is 63.4. The molecule has 0 aliphatic carbocycles. The van der Waals surface area contributed by atoms with Gasteiger partial charge in [-0.3, -0.25) is 0 Å². The van der Waals surface area contributed by atoms with Crippen LogP contribution >= 0.6 is 0 Å². The van der Waals surface area contributed by atoms with Crippen LogP contribution in [0.3, 0.4) is 0 Å². The molecule has 1 radical (unpaired) electrons. The van der Waals surface area contributed by atoms with Gasteiger partial charge in [-0.2, -0.15) is 0 Å². The summed E-state index contributed by atoms with van der Waals surface area (Å²) >= 11 is 0. The number of nitrogens with one attached hydrogen (secondary N) is 1. The molecule has 1 unspecified atom stereocenters. The Kier molecular flexibility index (Phi) is 2.44. The molecule has 0 rings (SSSR count). The van der Waals surface area contributed by atoms with Gasteiger partial charge in [0.2, 0.25) is 0 Å².